The summed E-state index contributed by atoms with van der Waals surface area (Å²) in [4.78, 5) is 2.60. The number of rotatable bonds is 18. The maximum Gasteiger partial charge on any atom is 0.0556 e. The zero-order chi connectivity index (χ0) is 16.3. The summed E-state index contributed by atoms with van der Waals surface area (Å²) in [5.41, 5.74) is 0. The maximum atomic E-state index is 2.60. The number of unbranched alkanes of at least 4 members (excludes halogenated alkanes) is 6. The Bertz CT molecular complexity index is 187. The molecule has 0 atom stereocenters. The topological polar surface area (TPSA) is 3.24 Å². The van der Waals surface area contributed by atoms with Crippen LogP contribution in [-0.2, 0) is 0 Å². The molecule has 0 unspecified atom stereocenters. The van der Waals surface area contributed by atoms with Crippen LogP contribution in [-0.4, -0.2) is 34.7 Å². The second kappa shape index (κ2) is 20.4. The van der Waals surface area contributed by atoms with Gasteiger partial charge in [0.05, 0.1) is 11.8 Å². The molecule has 0 rings (SSSR count). The summed E-state index contributed by atoms with van der Waals surface area (Å²) in [5, 5.41) is 0. The molecule has 0 saturated heterocycles. The van der Waals surface area contributed by atoms with Gasteiger partial charge in [0, 0.05) is 11.5 Å². The van der Waals surface area contributed by atoms with Crippen molar-refractivity contribution in [3.63, 3.8) is 0 Å². The average Bonchev–Trinajstić information content (AvgIpc) is 2.53. The van der Waals surface area contributed by atoms with E-state index in [-0.39, 0.29) is 0 Å². The molecule has 0 heterocycles. The van der Waals surface area contributed by atoms with Crippen molar-refractivity contribution in [1.29, 1.82) is 0 Å². The summed E-state index contributed by atoms with van der Waals surface area (Å²) in [5.74, 6) is 5.03. The van der Waals surface area contributed by atoms with Crippen LogP contribution in [0.1, 0.15) is 78.6 Å². The lowest BCUT2D eigenvalue weighted by atomic mass is 10.2. The Hall–Kier alpha value is 1.36. The lowest BCUT2D eigenvalue weighted by Gasteiger charge is -2.20. The van der Waals surface area contributed by atoms with Gasteiger partial charge in [-0.15, -0.1) is 0 Å². The first-order valence-corrected chi connectivity index (χ1v) is 14.0. The van der Waals surface area contributed by atoms with E-state index in [2.05, 4.69) is 68.8 Å². The number of nitrogens with zero attached hydrogens (tertiary/aromatic N) is 1. The van der Waals surface area contributed by atoms with Gasteiger partial charge in [0.1, 0.15) is 0 Å². The van der Waals surface area contributed by atoms with Gasteiger partial charge in [0.25, 0.3) is 0 Å². The molecule has 0 aromatic carbocycles. The Labute approximate surface area is 156 Å². The van der Waals surface area contributed by atoms with Gasteiger partial charge in [0.2, 0.25) is 0 Å². The van der Waals surface area contributed by atoms with E-state index < -0.39 is 0 Å². The van der Waals surface area contributed by atoms with Crippen LogP contribution in [0.3, 0.4) is 0 Å². The Balaban J connectivity index is 3.44. The molecule has 134 valence electrons. The van der Waals surface area contributed by atoms with Crippen molar-refractivity contribution in [2.75, 3.05) is 29.8 Å². The largest absolute Gasteiger partial charge is 0.283 e. The Morgan fingerprint density at radius 3 is 1.45 bits per heavy atom. The summed E-state index contributed by atoms with van der Waals surface area (Å²) in [7, 11) is 8.25. The second-order valence-corrected chi connectivity index (χ2v) is 10.8. The fraction of sp³-hybridized carbons (Fsp3) is 1.00. The van der Waals surface area contributed by atoms with E-state index in [1.807, 2.05) is 0 Å². The highest BCUT2D eigenvalue weighted by Crippen LogP contribution is 2.28. The molecule has 0 spiro atoms. The van der Waals surface area contributed by atoms with Gasteiger partial charge in [-0.2, -0.15) is 0 Å². The van der Waals surface area contributed by atoms with Crippen LogP contribution in [0.5, 0.6) is 0 Å². The highest BCUT2D eigenvalue weighted by atomic mass is 33.1. The third-order valence-electron chi connectivity index (χ3n) is 3.34. The smallest absolute Gasteiger partial charge is 0.0556 e. The molecular weight excluding hydrogens is 346 g/mol. The van der Waals surface area contributed by atoms with Gasteiger partial charge in [-0.1, -0.05) is 102 Å². The van der Waals surface area contributed by atoms with E-state index in [1.54, 1.807) is 0 Å². The molecule has 0 bridgehead atoms. The van der Waals surface area contributed by atoms with Crippen molar-refractivity contribution in [3.05, 3.63) is 0 Å². The minimum atomic E-state index is 1.19. The predicted molar refractivity (Wildman–Crippen MR) is 115 cm³/mol. The van der Waals surface area contributed by atoms with Crippen LogP contribution in [0.25, 0.3) is 0 Å². The lowest BCUT2D eigenvalue weighted by Crippen LogP contribution is -2.22. The second-order valence-electron chi connectivity index (χ2n) is 5.65. The van der Waals surface area contributed by atoms with E-state index in [4.69, 9.17) is 0 Å². The van der Waals surface area contributed by atoms with Gasteiger partial charge in [0.15, 0.2) is 0 Å². The van der Waals surface area contributed by atoms with E-state index in [9.17, 15) is 0 Å². The first kappa shape index (κ1) is 23.4. The average molecular weight is 384 g/mol. The highest BCUT2D eigenvalue weighted by Gasteiger charge is 2.04. The van der Waals surface area contributed by atoms with Crippen molar-refractivity contribution < 1.29 is 0 Å². The Morgan fingerprint density at radius 2 is 1.05 bits per heavy atom. The van der Waals surface area contributed by atoms with E-state index in [1.165, 1.54) is 87.6 Å². The molecular formula is C17H37NS4. The van der Waals surface area contributed by atoms with Crippen molar-refractivity contribution >= 4 is 43.2 Å². The molecule has 0 fully saturated rings. The van der Waals surface area contributed by atoms with Gasteiger partial charge >= 0.3 is 0 Å². The van der Waals surface area contributed by atoms with Gasteiger partial charge in [-0.3, -0.25) is 4.90 Å². The van der Waals surface area contributed by atoms with Crippen LogP contribution in [0, 0.1) is 0 Å². The molecule has 22 heavy (non-hydrogen) atoms. The zero-order valence-electron chi connectivity index (χ0n) is 15.0. The Morgan fingerprint density at radius 1 is 0.545 bits per heavy atom. The monoisotopic (exact) mass is 383 g/mol. The van der Waals surface area contributed by atoms with Crippen molar-refractivity contribution in [1.82, 2.24) is 4.90 Å². The van der Waals surface area contributed by atoms with Crippen LogP contribution in [0.15, 0.2) is 0 Å². The zero-order valence-corrected chi connectivity index (χ0v) is 18.2. The van der Waals surface area contributed by atoms with E-state index >= 15 is 0 Å². The van der Waals surface area contributed by atoms with Crippen molar-refractivity contribution in [2.45, 2.75) is 78.6 Å². The third-order valence-corrected chi connectivity index (χ3v) is 8.16. The number of hydrogen-bond donors (Lipinski definition) is 0. The summed E-state index contributed by atoms with van der Waals surface area (Å²) >= 11 is 0. The number of hydrogen-bond acceptors (Lipinski definition) is 5. The van der Waals surface area contributed by atoms with Crippen molar-refractivity contribution in [2.24, 2.45) is 0 Å². The molecule has 0 aromatic heterocycles. The quantitative estimate of drug-likeness (QED) is 0.136. The van der Waals surface area contributed by atoms with Gasteiger partial charge < -0.3 is 0 Å². The molecule has 0 aliphatic rings. The van der Waals surface area contributed by atoms with Crippen LogP contribution in [0.2, 0.25) is 0 Å². The minimum Gasteiger partial charge on any atom is -0.283 e. The Kier molecular flexibility index (Phi) is 21.7. The molecule has 0 aliphatic carbocycles. The summed E-state index contributed by atoms with van der Waals surface area (Å²) < 4.78 is 0. The molecule has 0 saturated carbocycles. The standard InChI is InChI=1S/C17H37NS4/c1-4-7-9-11-14-19-21-16-18(13-6-3)17-22-20-15-12-10-8-5-2/h4-17H2,1-3H3. The van der Waals surface area contributed by atoms with Gasteiger partial charge in [-0.25, -0.2) is 0 Å². The van der Waals surface area contributed by atoms with E-state index in [0.717, 1.165) is 0 Å². The van der Waals surface area contributed by atoms with Gasteiger partial charge in [-0.05, 0) is 25.8 Å². The minimum absolute atomic E-state index is 1.19. The lowest BCUT2D eigenvalue weighted by molar-refractivity contribution is 0.379. The molecule has 0 amide bonds. The summed E-state index contributed by atoms with van der Waals surface area (Å²) in [6, 6.07) is 0. The van der Waals surface area contributed by atoms with Crippen LogP contribution >= 0.6 is 43.2 Å². The molecule has 0 aromatic rings. The SMILES string of the molecule is CCCCCCSSCN(CCC)CSSCCCCCC. The molecule has 5 heteroatoms. The normalized spacial score (nSPS) is 11.5. The summed E-state index contributed by atoms with van der Waals surface area (Å²) in [6.07, 6.45) is 12.4. The fourth-order valence-electron chi connectivity index (χ4n) is 2.00. The summed E-state index contributed by atoms with van der Waals surface area (Å²) in [6.45, 7) is 8.10. The molecule has 0 aliphatic heterocycles. The van der Waals surface area contributed by atoms with Crippen LogP contribution < -0.4 is 0 Å². The molecule has 0 radical (unpaired) electrons. The fourth-order valence-corrected chi connectivity index (χ4v) is 6.64. The predicted octanol–water partition coefficient (Wildman–Crippen LogP) is 7.54. The first-order valence-electron chi connectivity index (χ1n) is 9.06. The maximum absolute atomic E-state index is 2.60. The van der Waals surface area contributed by atoms with E-state index in [0.29, 0.717) is 0 Å². The first-order chi connectivity index (χ1) is 10.8. The van der Waals surface area contributed by atoms with Crippen molar-refractivity contribution in [3.8, 4) is 0 Å². The molecule has 1 nitrogen and oxygen atoms in total. The van der Waals surface area contributed by atoms with Crippen LogP contribution in [0.4, 0.5) is 0 Å². The third kappa shape index (κ3) is 17.7. The highest BCUT2D eigenvalue weighted by molar-refractivity contribution is 8.77. The molecule has 0 N–H and O–H groups in total.